The van der Waals surface area contributed by atoms with Gasteiger partial charge in [0.15, 0.2) is 5.82 Å². The molecule has 1 N–H and O–H groups in total. The molecule has 92 valence electrons. The standard InChI is InChI=1S/C10H14ClN5O/c1-6-8(10(11)16(3)14-6)4-12-5-9-13-7(2)15-17-9/h12H,4-5H2,1-3H3. The van der Waals surface area contributed by atoms with Crippen LogP contribution in [0.1, 0.15) is 23.0 Å². The van der Waals surface area contributed by atoms with Crippen molar-refractivity contribution in [2.24, 2.45) is 7.05 Å². The van der Waals surface area contributed by atoms with Crippen LogP contribution in [0.5, 0.6) is 0 Å². The van der Waals surface area contributed by atoms with Crippen LogP contribution in [-0.2, 0) is 20.1 Å². The average molecular weight is 256 g/mol. The van der Waals surface area contributed by atoms with Crippen LogP contribution in [-0.4, -0.2) is 19.9 Å². The molecule has 0 radical (unpaired) electrons. The number of rotatable bonds is 4. The summed E-state index contributed by atoms with van der Waals surface area (Å²) in [5.74, 6) is 1.21. The van der Waals surface area contributed by atoms with Gasteiger partial charge in [-0.1, -0.05) is 16.8 Å². The molecule has 0 aliphatic carbocycles. The van der Waals surface area contributed by atoms with Crippen molar-refractivity contribution in [1.29, 1.82) is 0 Å². The second kappa shape index (κ2) is 4.85. The average Bonchev–Trinajstić information content (AvgIpc) is 2.78. The molecule has 0 atom stereocenters. The lowest BCUT2D eigenvalue weighted by molar-refractivity contribution is 0.364. The smallest absolute Gasteiger partial charge is 0.240 e. The first-order chi connectivity index (χ1) is 8.08. The summed E-state index contributed by atoms with van der Waals surface area (Å²) >= 11 is 6.11. The van der Waals surface area contributed by atoms with Crippen LogP contribution in [0.4, 0.5) is 0 Å². The first-order valence-corrected chi connectivity index (χ1v) is 5.63. The van der Waals surface area contributed by atoms with Crippen molar-refractivity contribution in [2.75, 3.05) is 0 Å². The Labute approximate surface area is 104 Å². The highest BCUT2D eigenvalue weighted by Gasteiger charge is 2.11. The highest BCUT2D eigenvalue weighted by Crippen LogP contribution is 2.18. The summed E-state index contributed by atoms with van der Waals surface area (Å²) in [6.07, 6.45) is 0. The number of halogens is 1. The molecule has 0 saturated heterocycles. The Morgan fingerprint density at radius 2 is 2.12 bits per heavy atom. The summed E-state index contributed by atoms with van der Waals surface area (Å²) in [6, 6.07) is 0. The van der Waals surface area contributed by atoms with Gasteiger partial charge in [-0.25, -0.2) is 0 Å². The Morgan fingerprint density at radius 3 is 2.65 bits per heavy atom. The molecule has 0 amide bonds. The largest absolute Gasteiger partial charge is 0.338 e. The third-order valence-corrected chi connectivity index (χ3v) is 2.89. The van der Waals surface area contributed by atoms with Crippen LogP contribution in [0.25, 0.3) is 0 Å². The van der Waals surface area contributed by atoms with Gasteiger partial charge >= 0.3 is 0 Å². The molecule has 0 fully saturated rings. The Balaban J connectivity index is 1.94. The maximum absolute atomic E-state index is 6.11. The zero-order valence-corrected chi connectivity index (χ0v) is 10.7. The van der Waals surface area contributed by atoms with Gasteiger partial charge in [0.2, 0.25) is 5.89 Å². The molecule has 7 heteroatoms. The minimum atomic E-state index is 0.519. The number of nitrogens with zero attached hydrogens (tertiary/aromatic N) is 4. The van der Waals surface area contributed by atoms with Gasteiger partial charge in [-0.2, -0.15) is 10.1 Å². The van der Waals surface area contributed by atoms with Crippen LogP contribution in [0, 0.1) is 13.8 Å². The van der Waals surface area contributed by atoms with Gasteiger partial charge in [-0.15, -0.1) is 0 Å². The quantitative estimate of drug-likeness (QED) is 0.894. The van der Waals surface area contributed by atoms with Crippen LogP contribution in [0.2, 0.25) is 5.15 Å². The van der Waals surface area contributed by atoms with E-state index in [0.717, 1.165) is 11.3 Å². The normalized spacial score (nSPS) is 11.1. The molecule has 0 aliphatic heterocycles. The molecule has 0 saturated carbocycles. The van der Waals surface area contributed by atoms with Crippen LogP contribution in [0.15, 0.2) is 4.52 Å². The number of aromatic nitrogens is 4. The molecule has 0 unspecified atom stereocenters. The molecule has 2 aromatic heterocycles. The van der Waals surface area contributed by atoms with Crippen molar-refractivity contribution in [2.45, 2.75) is 26.9 Å². The van der Waals surface area contributed by atoms with E-state index in [9.17, 15) is 0 Å². The van der Waals surface area contributed by atoms with E-state index in [4.69, 9.17) is 16.1 Å². The maximum Gasteiger partial charge on any atom is 0.240 e. The predicted molar refractivity (Wildman–Crippen MR) is 62.5 cm³/mol. The third kappa shape index (κ3) is 2.65. The fourth-order valence-electron chi connectivity index (χ4n) is 1.58. The minimum absolute atomic E-state index is 0.519. The van der Waals surface area contributed by atoms with E-state index < -0.39 is 0 Å². The van der Waals surface area contributed by atoms with E-state index in [0.29, 0.717) is 30.0 Å². The van der Waals surface area contributed by atoms with Crippen molar-refractivity contribution in [1.82, 2.24) is 25.2 Å². The molecular weight excluding hydrogens is 242 g/mol. The second-order valence-electron chi connectivity index (χ2n) is 3.82. The first-order valence-electron chi connectivity index (χ1n) is 5.26. The zero-order valence-electron chi connectivity index (χ0n) is 9.99. The highest BCUT2D eigenvalue weighted by atomic mass is 35.5. The molecule has 6 nitrogen and oxygen atoms in total. The van der Waals surface area contributed by atoms with Crippen LogP contribution < -0.4 is 5.32 Å². The van der Waals surface area contributed by atoms with E-state index in [2.05, 4.69) is 20.6 Å². The summed E-state index contributed by atoms with van der Waals surface area (Å²) in [4.78, 5) is 4.10. The van der Waals surface area contributed by atoms with Crippen LogP contribution >= 0.6 is 11.6 Å². The zero-order chi connectivity index (χ0) is 12.4. The number of hydrogen-bond donors (Lipinski definition) is 1. The van der Waals surface area contributed by atoms with Crippen molar-refractivity contribution in [3.8, 4) is 0 Å². The molecule has 0 bridgehead atoms. The molecule has 17 heavy (non-hydrogen) atoms. The van der Waals surface area contributed by atoms with Crippen molar-refractivity contribution >= 4 is 11.6 Å². The molecular formula is C10H14ClN5O. The molecule has 2 rings (SSSR count). The SMILES string of the molecule is Cc1noc(CNCc2c(C)nn(C)c2Cl)n1. The number of nitrogens with one attached hydrogen (secondary N) is 1. The molecule has 2 aromatic rings. The summed E-state index contributed by atoms with van der Waals surface area (Å²) in [5.41, 5.74) is 1.91. The van der Waals surface area contributed by atoms with Gasteiger partial charge in [-0.05, 0) is 13.8 Å². The van der Waals surface area contributed by atoms with E-state index >= 15 is 0 Å². The van der Waals surface area contributed by atoms with E-state index in [1.807, 2.05) is 14.0 Å². The van der Waals surface area contributed by atoms with Gasteiger partial charge in [-0.3, -0.25) is 4.68 Å². The molecule has 0 spiro atoms. The second-order valence-corrected chi connectivity index (χ2v) is 4.18. The summed E-state index contributed by atoms with van der Waals surface area (Å²) in [6.45, 7) is 4.86. The summed E-state index contributed by atoms with van der Waals surface area (Å²) in [7, 11) is 1.82. The fraction of sp³-hybridized carbons (Fsp3) is 0.500. The topological polar surface area (TPSA) is 68.8 Å². The van der Waals surface area contributed by atoms with Gasteiger partial charge < -0.3 is 9.84 Å². The van der Waals surface area contributed by atoms with Gasteiger partial charge in [0.25, 0.3) is 0 Å². The lowest BCUT2D eigenvalue weighted by Gasteiger charge is -2.01. The lowest BCUT2D eigenvalue weighted by atomic mass is 10.2. The van der Waals surface area contributed by atoms with Crippen molar-refractivity contribution < 1.29 is 4.52 Å². The Bertz CT molecular complexity index is 519. The van der Waals surface area contributed by atoms with Crippen molar-refractivity contribution in [3.05, 3.63) is 28.1 Å². The summed E-state index contributed by atoms with van der Waals surface area (Å²) < 4.78 is 6.65. The molecule has 2 heterocycles. The highest BCUT2D eigenvalue weighted by molar-refractivity contribution is 6.30. The fourth-order valence-corrected chi connectivity index (χ4v) is 1.82. The molecule has 0 aliphatic rings. The van der Waals surface area contributed by atoms with E-state index in [-0.39, 0.29) is 0 Å². The third-order valence-electron chi connectivity index (χ3n) is 2.42. The lowest BCUT2D eigenvalue weighted by Crippen LogP contribution is -2.13. The minimum Gasteiger partial charge on any atom is -0.338 e. The Morgan fingerprint density at radius 1 is 1.35 bits per heavy atom. The predicted octanol–water partition coefficient (Wildman–Crippen LogP) is 1.36. The molecule has 0 aromatic carbocycles. The van der Waals surface area contributed by atoms with Gasteiger partial charge in [0.05, 0.1) is 12.2 Å². The van der Waals surface area contributed by atoms with Crippen molar-refractivity contribution in [3.63, 3.8) is 0 Å². The van der Waals surface area contributed by atoms with E-state index in [1.165, 1.54) is 0 Å². The maximum atomic E-state index is 6.11. The number of aryl methyl sites for hydroxylation is 3. The summed E-state index contributed by atoms with van der Waals surface area (Å²) in [5, 5.41) is 11.8. The van der Waals surface area contributed by atoms with Gasteiger partial charge in [0, 0.05) is 19.2 Å². The Hall–Kier alpha value is -1.40. The van der Waals surface area contributed by atoms with Crippen LogP contribution in [0.3, 0.4) is 0 Å². The van der Waals surface area contributed by atoms with Gasteiger partial charge in [0.1, 0.15) is 5.15 Å². The first kappa shape index (κ1) is 12.1. The van der Waals surface area contributed by atoms with E-state index in [1.54, 1.807) is 11.6 Å². The number of hydrogen-bond acceptors (Lipinski definition) is 5. The Kier molecular flexibility index (Phi) is 3.44. The monoisotopic (exact) mass is 255 g/mol.